The number of amides is 1. The van der Waals surface area contributed by atoms with Crippen molar-refractivity contribution in [1.29, 1.82) is 0 Å². The van der Waals surface area contributed by atoms with Gasteiger partial charge in [0, 0.05) is 16.6 Å². The minimum absolute atomic E-state index is 0.0875. The number of ether oxygens (including phenoxy) is 1. The molecule has 6 heteroatoms. The topological polar surface area (TPSA) is 66.8 Å². The predicted octanol–water partition coefficient (Wildman–Crippen LogP) is 1.37. The van der Waals surface area contributed by atoms with Crippen LogP contribution in [-0.2, 0) is 9.53 Å². The van der Waals surface area contributed by atoms with Gasteiger partial charge in [0.25, 0.3) is 5.91 Å². The fourth-order valence-electron chi connectivity index (χ4n) is 1.76. The predicted molar refractivity (Wildman–Crippen MR) is 67.4 cm³/mol. The maximum atomic E-state index is 12.1. The zero-order valence-electron chi connectivity index (χ0n) is 9.51. The largest absolute Gasteiger partial charge is 0.479 e. The Kier molecular flexibility index (Phi) is 3.98. The van der Waals surface area contributed by atoms with Crippen LogP contribution in [0.3, 0.4) is 0 Å². The zero-order valence-corrected chi connectivity index (χ0v) is 11.1. The molecule has 0 radical (unpaired) electrons. The number of rotatable bonds is 2. The smallest absolute Gasteiger partial charge is 0.334 e. The molecule has 1 aromatic carbocycles. The van der Waals surface area contributed by atoms with Crippen molar-refractivity contribution >= 4 is 27.8 Å². The molecule has 96 valence electrons. The van der Waals surface area contributed by atoms with E-state index >= 15 is 0 Å². The van der Waals surface area contributed by atoms with Crippen molar-refractivity contribution in [2.45, 2.75) is 6.10 Å². The number of hydrogen-bond acceptors (Lipinski definition) is 3. The van der Waals surface area contributed by atoms with Gasteiger partial charge in [0.15, 0.2) is 6.10 Å². The molecule has 0 aromatic heterocycles. The van der Waals surface area contributed by atoms with Crippen molar-refractivity contribution in [3.63, 3.8) is 0 Å². The Bertz CT molecular complexity index is 460. The first-order valence-electron chi connectivity index (χ1n) is 5.47. The first-order chi connectivity index (χ1) is 8.58. The minimum Gasteiger partial charge on any atom is -0.479 e. The van der Waals surface area contributed by atoms with Crippen LogP contribution in [-0.4, -0.2) is 47.7 Å². The monoisotopic (exact) mass is 313 g/mol. The van der Waals surface area contributed by atoms with E-state index in [0.717, 1.165) is 4.47 Å². The Morgan fingerprint density at radius 1 is 1.33 bits per heavy atom. The number of hydrogen-bond donors (Lipinski definition) is 1. The number of morpholine rings is 1. The van der Waals surface area contributed by atoms with Crippen LogP contribution in [0.15, 0.2) is 28.7 Å². The van der Waals surface area contributed by atoms with Crippen LogP contribution >= 0.6 is 15.9 Å². The van der Waals surface area contributed by atoms with Crippen molar-refractivity contribution in [2.24, 2.45) is 0 Å². The summed E-state index contributed by atoms with van der Waals surface area (Å²) in [5.74, 6) is -1.21. The van der Waals surface area contributed by atoms with Gasteiger partial charge in [-0.2, -0.15) is 0 Å². The lowest BCUT2D eigenvalue weighted by atomic mass is 10.1. The summed E-state index contributed by atoms with van der Waals surface area (Å²) in [4.78, 5) is 24.5. The van der Waals surface area contributed by atoms with E-state index in [1.54, 1.807) is 24.3 Å². The van der Waals surface area contributed by atoms with Gasteiger partial charge >= 0.3 is 5.97 Å². The van der Waals surface area contributed by atoms with Crippen LogP contribution in [0.4, 0.5) is 0 Å². The molecule has 0 saturated carbocycles. The molecule has 1 aliphatic rings. The van der Waals surface area contributed by atoms with Gasteiger partial charge in [0.1, 0.15) is 0 Å². The summed E-state index contributed by atoms with van der Waals surface area (Å²) in [6, 6.07) is 6.97. The molecular formula is C12H12BrNO4. The van der Waals surface area contributed by atoms with Gasteiger partial charge in [0.2, 0.25) is 0 Å². The van der Waals surface area contributed by atoms with E-state index in [1.165, 1.54) is 4.90 Å². The van der Waals surface area contributed by atoms with Gasteiger partial charge in [-0.3, -0.25) is 4.79 Å². The molecule has 1 N–H and O–H groups in total. The summed E-state index contributed by atoms with van der Waals surface area (Å²) >= 11 is 3.30. The van der Waals surface area contributed by atoms with Gasteiger partial charge < -0.3 is 14.7 Å². The molecular weight excluding hydrogens is 302 g/mol. The number of halogens is 1. The fraction of sp³-hybridized carbons (Fsp3) is 0.333. The van der Waals surface area contributed by atoms with E-state index in [-0.39, 0.29) is 19.1 Å². The van der Waals surface area contributed by atoms with E-state index in [1.807, 2.05) is 0 Å². The van der Waals surface area contributed by atoms with Crippen molar-refractivity contribution in [1.82, 2.24) is 4.90 Å². The van der Waals surface area contributed by atoms with Gasteiger partial charge in [-0.05, 0) is 24.3 Å². The summed E-state index contributed by atoms with van der Waals surface area (Å²) in [6.07, 6.45) is -0.932. The Labute approximate surface area is 112 Å². The van der Waals surface area contributed by atoms with Gasteiger partial charge in [-0.15, -0.1) is 0 Å². The van der Waals surface area contributed by atoms with Crippen LogP contribution in [0.25, 0.3) is 0 Å². The summed E-state index contributed by atoms with van der Waals surface area (Å²) < 4.78 is 5.97. The first kappa shape index (κ1) is 13.0. The second-order valence-electron chi connectivity index (χ2n) is 3.96. The van der Waals surface area contributed by atoms with Crippen LogP contribution in [0, 0.1) is 0 Å². The minimum atomic E-state index is -1.04. The quantitative estimate of drug-likeness (QED) is 0.895. The molecule has 1 fully saturated rings. The fourth-order valence-corrected chi connectivity index (χ4v) is 2.02. The van der Waals surface area contributed by atoms with Crippen molar-refractivity contribution < 1.29 is 19.4 Å². The molecule has 0 aliphatic carbocycles. The lowest BCUT2D eigenvalue weighted by Gasteiger charge is -2.30. The highest BCUT2D eigenvalue weighted by Gasteiger charge is 2.29. The van der Waals surface area contributed by atoms with Crippen LogP contribution < -0.4 is 0 Å². The molecule has 0 spiro atoms. The highest BCUT2D eigenvalue weighted by Crippen LogP contribution is 2.14. The van der Waals surface area contributed by atoms with Crippen LogP contribution in [0.5, 0.6) is 0 Å². The molecule has 18 heavy (non-hydrogen) atoms. The molecule has 5 nitrogen and oxygen atoms in total. The summed E-state index contributed by atoms with van der Waals surface area (Å²) in [6.45, 7) is 0.752. The number of carboxylic acids is 1. The number of carbonyl (C=O) groups is 2. The third-order valence-electron chi connectivity index (χ3n) is 2.72. The summed E-state index contributed by atoms with van der Waals surface area (Å²) in [5.41, 5.74) is 0.546. The SMILES string of the molecule is O=C(O)C1CN(C(=O)c2ccc(Br)cc2)CCO1. The molecule has 2 rings (SSSR count). The normalized spacial score (nSPS) is 19.6. The second kappa shape index (κ2) is 5.49. The molecule has 1 aromatic rings. The maximum Gasteiger partial charge on any atom is 0.334 e. The number of carbonyl (C=O) groups excluding carboxylic acids is 1. The number of carboxylic acid groups (broad SMARTS) is 1. The van der Waals surface area contributed by atoms with Crippen LogP contribution in [0.1, 0.15) is 10.4 Å². The average molecular weight is 314 g/mol. The molecule has 1 heterocycles. The molecule has 1 saturated heterocycles. The molecule has 0 bridgehead atoms. The van der Waals surface area contributed by atoms with E-state index < -0.39 is 12.1 Å². The van der Waals surface area contributed by atoms with E-state index in [4.69, 9.17) is 9.84 Å². The average Bonchev–Trinajstić information content (AvgIpc) is 2.39. The van der Waals surface area contributed by atoms with E-state index in [9.17, 15) is 9.59 Å². The first-order valence-corrected chi connectivity index (χ1v) is 6.26. The lowest BCUT2D eigenvalue weighted by Crippen LogP contribution is -2.48. The van der Waals surface area contributed by atoms with Gasteiger partial charge in [-0.25, -0.2) is 4.79 Å². The highest BCUT2D eigenvalue weighted by atomic mass is 79.9. The van der Waals surface area contributed by atoms with E-state index in [2.05, 4.69) is 15.9 Å². The molecule has 1 amide bonds. The van der Waals surface area contributed by atoms with Crippen LogP contribution in [0.2, 0.25) is 0 Å². The van der Waals surface area contributed by atoms with Crippen molar-refractivity contribution in [3.8, 4) is 0 Å². The lowest BCUT2D eigenvalue weighted by molar-refractivity contribution is -0.154. The third-order valence-corrected chi connectivity index (χ3v) is 3.25. The van der Waals surface area contributed by atoms with Crippen molar-refractivity contribution in [2.75, 3.05) is 19.7 Å². The third kappa shape index (κ3) is 2.88. The number of aliphatic carboxylic acids is 1. The van der Waals surface area contributed by atoms with Gasteiger partial charge in [0.05, 0.1) is 13.2 Å². The second-order valence-corrected chi connectivity index (χ2v) is 4.87. The molecule has 1 unspecified atom stereocenters. The number of benzene rings is 1. The summed E-state index contributed by atoms with van der Waals surface area (Å²) in [7, 11) is 0. The standard InChI is InChI=1S/C12H12BrNO4/c13-9-3-1-8(2-4-9)11(15)14-5-6-18-10(7-14)12(16)17/h1-4,10H,5-7H2,(H,16,17). The molecule has 1 aliphatic heterocycles. The Balaban J connectivity index is 2.09. The number of nitrogens with zero attached hydrogens (tertiary/aromatic N) is 1. The summed E-state index contributed by atoms with van der Waals surface area (Å²) in [5, 5.41) is 8.88. The maximum absolute atomic E-state index is 12.1. The van der Waals surface area contributed by atoms with Crippen molar-refractivity contribution in [3.05, 3.63) is 34.3 Å². The van der Waals surface area contributed by atoms with E-state index in [0.29, 0.717) is 12.1 Å². The highest BCUT2D eigenvalue weighted by molar-refractivity contribution is 9.10. The Morgan fingerprint density at radius 3 is 2.61 bits per heavy atom. The zero-order chi connectivity index (χ0) is 13.1. The Morgan fingerprint density at radius 2 is 2.00 bits per heavy atom. The Hall–Kier alpha value is -1.40. The van der Waals surface area contributed by atoms with Gasteiger partial charge in [-0.1, -0.05) is 15.9 Å². The molecule has 1 atom stereocenters.